The van der Waals surface area contributed by atoms with Gasteiger partial charge in [-0.3, -0.25) is 0 Å². The molecule has 1 saturated heterocycles. The first-order chi connectivity index (χ1) is 7.83. The predicted octanol–water partition coefficient (Wildman–Crippen LogP) is 2.27. The first-order valence-electron chi connectivity index (χ1n) is 7.02. The van der Waals surface area contributed by atoms with Crippen molar-refractivity contribution in [2.24, 2.45) is 5.92 Å². The molecule has 1 spiro atoms. The molecule has 0 radical (unpaired) electrons. The van der Waals surface area contributed by atoms with E-state index >= 15 is 0 Å². The maximum absolute atomic E-state index is 12.6. The molecule has 1 saturated carbocycles. The molecule has 2 aliphatic rings. The molecule has 1 aliphatic heterocycles. The molecule has 0 aromatic heterocycles. The smallest absolute Gasteiger partial charge is 0.250 e. The third kappa shape index (κ3) is 1.66. The van der Waals surface area contributed by atoms with Crippen molar-refractivity contribution < 1.29 is 9.28 Å². The third-order valence-electron chi connectivity index (χ3n) is 5.21. The second-order valence-electron chi connectivity index (χ2n) is 6.61. The van der Waals surface area contributed by atoms with E-state index in [1.807, 2.05) is 6.92 Å². The summed E-state index contributed by atoms with van der Waals surface area (Å²) in [7, 11) is 2.14. The first-order valence-corrected chi connectivity index (χ1v) is 7.02. The van der Waals surface area contributed by atoms with E-state index in [-0.39, 0.29) is 11.7 Å². The second kappa shape index (κ2) is 4.06. The summed E-state index contributed by atoms with van der Waals surface area (Å²) in [5.41, 5.74) is 0.00231. The highest BCUT2D eigenvalue weighted by atomic mass is 16.2. The van der Waals surface area contributed by atoms with Crippen molar-refractivity contribution >= 4 is 5.91 Å². The number of amides is 1. The van der Waals surface area contributed by atoms with Crippen LogP contribution in [0.25, 0.3) is 0 Å². The van der Waals surface area contributed by atoms with Crippen molar-refractivity contribution in [1.82, 2.24) is 5.32 Å². The summed E-state index contributed by atoms with van der Waals surface area (Å²) in [6.07, 6.45) is 4.83. The highest BCUT2D eigenvalue weighted by molar-refractivity contribution is 5.77. The van der Waals surface area contributed by atoms with Gasteiger partial charge in [-0.05, 0) is 33.1 Å². The van der Waals surface area contributed by atoms with Crippen LogP contribution in [0.1, 0.15) is 53.4 Å². The Morgan fingerprint density at radius 2 is 2.06 bits per heavy atom. The first kappa shape index (κ1) is 13.0. The lowest BCUT2D eigenvalue weighted by Crippen LogP contribution is -2.68. The fourth-order valence-corrected chi connectivity index (χ4v) is 4.04. The Morgan fingerprint density at radius 1 is 1.41 bits per heavy atom. The van der Waals surface area contributed by atoms with E-state index < -0.39 is 0 Å². The van der Waals surface area contributed by atoms with Crippen LogP contribution in [0.2, 0.25) is 0 Å². The number of hydrogen-bond donors (Lipinski definition) is 1. The van der Waals surface area contributed by atoms with Gasteiger partial charge in [-0.1, -0.05) is 13.3 Å². The minimum absolute atomic E-state index is 0.00231. The molecule has 1 heterocycles. The second-order valence-corrected chi connectivity index (χ2v) is 6.61. The van der Waals surface area contributed by atoms with E-state index in [2.05, 4.69) is 33.1 Å². The number of carbonyl (C=O) groups is 1. The maximum atomic E-state index is 12.6. The van der Waals surface area contributed by atoms with Crippen LogP contribution in [0.3, 0.4) is 0 Å². The van der Waals surface area contributed by atoms with Crippen LogP contribution in [0.4, 0.5) is 0 Å². The molecule has 17 heavy (non-hydrogen) atoms. The zero-order chi connectivity index (χ0) is 12.8. The Bertz CT molecular complexity index is 328. The molecule has 1 N–H and O–H groups in total. The van der Waals surface area contributed by atoms with E-state index in [1.165, 1.54) is 12.8 Å². The molecule has 2 fully saturated rings. The van der Waals surface area contributed by atoms with Gasteiger partial charge < -0.3 is 0 Å². The summed E-state index contributed by atoms with van der Waals surface area (Å²) in [4.78, 5) is 12.6. The molecule has 3 nitrogen and oxygen atoms in total. The number of nitrogens with zero attached hydrogens (tertiary/aromatic N) is 1. The van der Waals surface area contributed by atoms with Gasteiger partial charge in [0.1, 0.15) is 6.04 Å². The Morgan fingerprint density at radius 3 is 2.59 bits per heavy atom. The standard InChI is InChI=1S/C14H27N2O/c1-10(2)16(5)13(17)12(4)15-14(16)8-6-7-11(3)9-14/h10-12,15H,6-9H2,1-5H3/q+1/t11?,12-,14?,16?/m1/s1. The average Bonchev–Trinajstić information content (AvgIpc) is 2.42. The lowest BCUT2D eigenvalue weighted by Gasteiger charge is -2.49. The van der Waals surface area contributed by atoms with E-state index in [4.69, 9.17) is 0 Å². The van der Waals surface area contributed by atoms with Gasteiger partial charge in [-0.15, -0.1) is 0 Å². The number of likely N-dealkylation sites (N-methyl/N-ethyl adjacent to an activating group) is 1. The van der Waals surface area contributed by atoms with Gasteiger partial charge in [0.25, 0.3) is 0 Å². The van der Waals surface area contributed by atoms with Crippen molar-refractivity contribution in [3.05, 3.63) is 0 Å². The van der Waals surface area contributed by atoms with Crippen LogP contribution in [-0.2, 0) is 4.79 Å². The maximum Gasteiger partial charge on any atom is 0.332 e. The highest BCUT2D eigenvalue weighted by Gasteiger charge is 2.63. The van der Waals surface area contributed by atoms with Crippen LogP contribution < -0.4 is 5.32 Å². The molecular weight excluding hydrogens is 212 g/mol. The topological polar surface area (TPSA) is 29.1 Å². The molecule has 0 aromatic rings. The number of rotatable bonds is 1. The SMILES string of the molecule is CC1CCCC2(C1)N[C@H](C)C(=O)[N+]2(C)C(C)C. The summed E-state index contributed by atoms with van der Waals surface area (Å²) >= 11 is 0. The molecule has 0 aromatic carbocycles. The zero-order valence-corrected chi connectivity index (χ0v) is 11.9. The van der Waals surface area contributed by atoms with Gasteiger partial charge in [0, 0.05) is 12.8 Å². The number of quaternary nitrogens is 1. The highest BCUT2D eigenvalue weighted by Crippen LogP contribution is 2.44. The summed E-state index contributed by atoms with van der Waals surface area (Å²) in [6.45, 7) is 8.70. The van der Waals surface area contributed by atoms with Crippen LogP contribution >= 0.6 is 0 Å². The minimum Gasteiger partial charge on any atom is -0.250 e. The Kier molecular flexibility index (Phi) is 3.11. The Labute approximate surface area is 105 Å². The Balaban J connectivity index is 2.41. The number of carbonyl (C=O) groups excluding carboxylic acids is 1. The van der Waals surface area contributed by atoms with Crippen LogP contribution in [0.5, 0.6) is 0 Å². The summed E-state index contributed by atoms with van der Waals surface area (Å²) in [6, 6.07) is 0.359. The molecule has 3 unspecified atom stereocenters. The third-order valence-corrected chi connectivity index (χ3v) is 5.21. The van der Waals surface area contributed by atoms with Crippen LogP contribution in [0.15, 0.2) is 0 Å². The molecule has 3 heteroatoms. The average molecular weight is 239 g/mol. The molecule has 0 bridgehead atoms. The van der Waals surface area contributed by atoms with Crippen molar-refractivity contribution in [3.63, 3.8) is 0 Å². The Hall–Kier alpha value is -0.410. The molecule has 1 aliphatic carbocycles. The largest absolute Gasteiger partial charge is 0.332 e. The molecule has 98 valence electrons. The summed E-state index contributed by atoms with van der Waals surface area (Å²) < 4.78 is 0.582. The monoisotopic (exact) mass is 239 g/mol. The summed E-state index contributed by atoms with van der Waals surface area (Å²) in [5.74, 6) is 1.10. The summed E-state index contributed by atoms with van der Waals surface area (Å²) in [5, 5.41) is 3.64. The van der Waals surface area contributed by atoms with E-state index in [9.17, 15) is 4.79 Å². The lowest BCUT2D eigenvalue weighted by molar-refractivity contribution is -0.905. The lowest BCUT2D eigenvalue weighted by atomic mass is 9.80. The number of nitrogens with one attached hydrogen (secondary N) is 1. The molecular formula is C14H27N2O+. The van der Waals surface area contributed by atoms with Gasteiger partial charge >= 0.3 is 5.91 Å². The van der Waals surface area contributed by atoms with Crippen LogP contribution in [-0.4, -0.2) is 35.2 Å². The molecule has 4 atom stereocenters. The molecule has 2 rings (SSSR count). The fraction of sp³-hybridized carbons (Fsp3) is 0.929. The molecule has 1 amide bonds. The van der Waals surface area contributed by atoms with Gasteiger partial charge in [-0.25, -0.2) is 14.6 Å². The fourth-order valence-electron chi connectivity index (χ4n) is 4.04. The predicted molar refractivity (Wildman–Crippen MR) is 69.3 cm³/mol. The van der Waals surface area contributed by atoms with Crippen LogP contribution in [0, 0.1) is 5.92 Å². The van der Waals surface area contributed by atoms with Crippen molar-refractivity contribution in [2.45, 2.75) is 71.1 Å². The zero-order valence-electron chi connectivity index (χ0n) is 11.9. The quantitative estimate of drug-likeness (QED) is 0.711. The van der Waals surface area contributed by atoms with Crippen molar-refractivity contribution in [2.75, 3.05) is 7.05 Å². The van der Waals surface area contributed by atoms with E-state index in [0.717, 1.165) is 18.8 Å². The van der Waals surface area contributed by atoms with Gasteiger partial charge in [0.15, 0.2) is 5.66 Å². The number of hydrogen-bond acceptors (Lipinski definition) is 2. The van der Waals surface area contributed by atoms with Crippen molar-refractivity contribution in [1.29, 1.82) is 0 Å². The minimum atomic E-state index is 0.00231. The van der Waals surface area contributed by atoms with Gasteiger partial charge in [-0.2, -0.15) is 0 Å². The van der Waals surface area contributed by atoms with Crippen molar-refractivity contribution in [3.8, 4) is 0 Å². The van der Waals surface area contributed by atoms with Gasteiger partial charge in [0.2, 0.25) is 0 Å². The normalized spacial score (nSPS) is 47.1. The van der Waals surface area contributed by atoms with E-state index in [1.54, 1.807) is 0 Å². The van der Waals surface area contributed by atoms with Gasteiger partial charge in [0.05, 0.1) is 13.1 Å². The van der Waals surface area contributed by atoms with E-state index in [0.29, 0.717) is 16.4 Å².